The average Bonchev–Trinajstić information content (AvgIpc) is 2.48. The molecule has 1 amide bonds. The van der Waals surface area contributed by atoms with Gasteiger partial charge >= 0.3 is 0 Å². The molecule has 1 aliphatic carbocycles. The Morgan fingerprint density at radius 3 is 2.43 bits per heavy atom. The Kier molecular flexibility index (Phi) is 5.39. The van der Waals surface area contributed by atoms with Crippen LogP contribution < -0.4 is 11.1 Å². The molecular formula is C18H20ClFN2O. The van der Waals surface area contributed by atoms with Gasteiger partial charge in [-0.2, -0.15) is 0 Å². The number of hydrogen-bond donors (Lipinski definition) is 2. The molecule has 3 rings (SSSR count). The second-order valence-electron chi connectivity index (χ2n) is 5.80. The highest BCUT2D eigenvalue weighted by Crippen LogP contribution is 2.44. The molecular weight excluding hydrogens is 315 g/mol. The predicted octanol–water partition coefficient (Wildman–Crippen LogP) is 3.77. The molecule has 5 heteroatoms. The summed E-state index contributed by atoms with van der Waals surface area (Å²) >= 11 is 0. The fourth-order valence-electron chi connectivity index (χ4n) is 2.97. The van der Waals surface area contributed by atoms with Gasteiger partial charge in [0.15, 0.2) is 0 Å². The predicted molar refractivity (Wildman–Crippen MR) is 92.1 cm³/mol. The van der Waals surface area contributed by atoms with Gasteiger partial charge in [-0.25, -0.2) is 4.39 Å². The number of carbonyl (C=O) groups excluding carboxylic acids is 1. The molecule has 0 radical (unpaired) electrons. The van der Waals surface area contributed by atoms with E-state index in [1.807, 2.05) is 24.3 Å². The van der Waals surface area contributed by atoms with Gasteiger partial charge in [0.05, 0.1) is 5.41 Å². The van der Waals surface area contributed by atoms with Crippen molar-refractivity contribution >= 4 is 24.0 Å². The second-order valence-corrected chi connectivity index (χ2v) is 5.80. The highest BCUT2D eigenvalue weighted by atomic mass is 35.5. The number of anilines is 1. The molecule has 0 spiro atoms. The van der Waals surface area contributed by atoms with Crippen LogP contribution in [0.1, 0.15) is 30.4 Å². The lowest BCUT2D eigenvalue weighted by atomic mass is 9.64. The standard InChI is InChI=1S/C18H19FN2O.ClH/c19-15-7-5-14(6-8-15)18(9-2-10-18)17(22)21-16-4-1-3-13(11-16)12-20;/h1,3-8,11H,2,9-10,12,20H2,(H,21,22);1H. The summed E-state index contributed by atoms with van der Waals surface area (Å²) in [5.74, 6) is -0.311. The topological polar surface area (TPSA) is 55.1 Å². The first-order valence-electron chi connectivity index (χ1n) is 7.50. The number of nitrogens with one attached hydrogen (secondary N) is 1. The summed E-state index contributed by atoms with van der Waals surface area (Å²) in [5.41, 5.74) is 7.70. The van der Waals surface area contributed by atoms with E-state index in [-0.39, 0.29) is 24.1 Å². The Morgan fingerprint density at radius 1 is 1.17 bits per heavy atom. The summed E-state index contributed by atoms with van der Waals surface area (Å²) in [5, 5.41) is 2.98. The van der Waals surface area contributed by atoms with E-state index in [0.717, 1.165) is 36.1 Å². The molecule has 1 fully saturated rings. The van der Waals surface area contributed by atoms with Gasteiger partial charge in [0, 0.05) is 12.2 Å². The van der Waals surface area contributed by atoms with E-state index >= 15 is 0 Å². The third kappa shape index (κ3) is 3.38. The van der Waals surface area contributed by atoms with Crippen molar-refractivity contribution in [2.45, 2.75) is 31.2 Å². The van der Waals surface area contributed by atoms with E-state index in [0.29, 0.717) is 6.54 Å². The van der Waals surface area contributed by atoms with Crippen molar-refractivity contribution in [1.29, 1.82) is 0 Å². The number of amides is 1. The number of hydrogen-bond acceptors (Lipinski definition) is 2. The van der Waals surface area contributed by atoms with Gasteiger partial charge in [0.1, 0.15) is 5.82 Å². The molecule has 0 heterocycles. The third-order valence-electron chi connectivity index (χ3n) is 4.46. The van der Waals surface area contributed by atoms with Gasteiger partial charge in [-0.15, -0.1) is 12.4 Å². The zero-order chi connectivity index (χ0) is 15.6. The van der Waals surface area contributed by atoms with Gasteiger partial charge in [-0.1, -0.05) is 30.7 Å². The minimum atomic E-state index is -0.535. The maximum Gasteiger partial charge on any atom is 0.235 e. The van der Waals surface area contributed by atoms with Crippen LogP contribution in [0.15, 0.2) is 48.5 Å². The van der Waals surface area contributed by atoms with Crippen molar-refractivity contribution in [3.63, 3.8) is 0 Å². The van der Waals surface area contributed by atoms with Gasteiger partial charge in [-0.3, -0.25) is 4.79 Å². The minimum absolute atomic E-state index is 0. The van der Waals surface area contributed by atoms with E-state index in [1.54, 1.807) is 12.1 Å². The number of halogens is 2. The van der Waals surface area contributed by atoms with Crippen LogP contribution in [-0.2, 0) is 16.8 Å². The Morgan fingerprint density at radius 2 is 1.87 bits per heavy atom. The Labute approximate surface area is 141 Å². The van der Waals surface area contributed by atoms with Gasteiger partial charge < -0.3 is 11.1 Å². The molecule has 3 nitrogen and oxygen atoms in total. The van der Waals surface area contributed by atoms with Crippen molar-refractivity contribution < 1.29 is 9.18 Å². The summed E-state index contributed by atoms with van der Waals surface area (Å²) < 4.78 is 13.1. The fourth-order valence-corrected chi connectivity index (χ4v) is 2.97. The maximum absolute atomic E-state index is 13.1. The lowest BCUT2D eigenvalue weighted by Crippen LogP contribution is -2.46. The normalized spacial score (nSPS) is 15.2. The molecule has 3 N–H and O–H groups in total. The minimum Gasteiger partial charge on any atom is -0.326 e. The van der Waals surface area contributed by atoms with E-state index in [2.05, 4.69) is 5.32 Å². The molecule has 0 atom stereocenters. The smallest absolute Gasteiger partial charge is 0.235 e. The first-order valence-corrected chi connectivity index (χ1v) is 7.50. The Bertz CT molecular complexity index is 684. The first kappa shape index (κ1) is 17.4. The van der Waals surface area contributed by atoms with Crippen molar-refractivity contribution in [3.05, 3.63) is 65.5 Å². The zero-order valence-corrected chi connectivity index (χ0v) is 13.5. The molecule has 0 bridgehead atoms. The summed E-state index contributed by atoms with van der Waals surface area (Å²) in [4.78, 5) is 12.8. The second kappa shape index (κ2) is 7.11. The quantitative estimate of drug-likeness (QED) is 0.894. The fraction of sp³-hybridized carbons (Fsp3) is 0.278. The molecule has 2 aromatic rings. The molecule has 1 saturated carbocycles. The lowest BCUT2D eigenvalue weighted by molar-refractivity contribution is -0.124. The SMILES string of the molecule is Cl.NCc1cccc(NC(=O)C2(c3ccc(F)cc3)CCC2)c1. The highest BCUT2D eigenvalue weighted by Gasteiger charge is 2.45. The van der Waals surface area contributed by atoms with Crippen LogP contribution in [0.5, 0.6) is 0 Å². The average molecular weight is 335 g/mol. The number of carbonyl (C=O) groups is 1. The molecule has 0 aliphatic heterocycles. The molecule has 0 aromatic heterocycles. The van der Waals surface area contributed by atoms with Crippen molar-refractivity contribution in [2.24, 2.45) is 5.73 Å². The van der Waals surface area contributed by atoms with E-state index in [1.165, 1.54) is 12.1 Å². The molecule has 23 heavy (non-hydrogen) atoms. The van der Waals surface area contributed by atoms with E-state index in [4.69, 9.17) is 5.73 Å². The lowest BCUT2D eigenvalue weighted by Gasteiger charge is -2.40. The van der Waals surface area contributed by atoms with Crippen LogP contribution in [0.3, 0.4) is 0 Å². The van der Waals surface area contributed by atoms with Gasteiger partial charge in [0.2, 0.25) is 5.91 Å². The maximum atomic E-state index is 13.1. The zero-order valence-electron chi connectivity index (χ0n) is 12.7. The molecule has 0 unspecified atom stereocenters. The molecule has 1 aliphatic rings. The van der Waals surface area contributed by atoms with Crippen LogP contribution in [0.4, 0.5) is 10.1 Å². The summed E-state index contributed by atoms with van der Waals surface area (Å²) in [7, 11) is 0. The molecule has 0 saturated heterocycles. The summed E-state index contributed by atoms with van der Waals surface area (Å²) in [6.07, 6.45) is 2.59. The first-order chi connectivity index (χ1) is 10.6. The van der Waals surface area contributed by atoms with Crippen LogP contribution >= 0.6 is 12.4 Å². The van der Waals surface area contributed by atoms with Crippen molar-refractivity contribution in [2.75, 3.05) is 5.32 Å². The molecule has 122 valence electrons. The number of nitrogens with two attached hydrogens (primary N) is 1. The van der Waals surface area contributed by atoms with Crippen LogP contribution in [0, 0.1) is 5.82 Å². The summed E-state index contributed by atoms with van der Waals surface area (Å²) in [6.45, 7) is 0.437. The van der Waals surface area contributed by atoms with Gasteiger partial charge in [0.25, 0.3) is 0 Å². The van der Waals surface area contributed by atoms with Gasteiger partial charge in [-0.05, 0) is 48.2 Å². The Balaban J connectivity index is 0.00000192. The van der Waals surface area contributed by atoms with E-state index in [9.17, 15) is 9.18 Å². The third-order valence-corrected chi connectivity index (χ3v) is 4.46. The largest absolute Gasteiger partial charge is 0.326 e. The Hall–Kier alpha value is -1.91. The van der Waals surface area contributed by atoms with Crippen molar-refractivity contribution in [1.82, 2.24) is 0 Å². The molecule has 2 aromatic carbocycles. The monoisotopic (exact) mass is 334 g/mol. The number of rotatable bonds is 4. The number of benzene rings is 2. The van der Waals surface area contributed by atoms with Crippen LogP contribution in [0.2, 0.25) is 0 Å². The highest BCUT2D eigenvalue weighted by molar-refractivity contribution is 6.00. The van der Waals surface area contributed by atoms with Crippen LogP contribution in [0.25, 0.3) is 0 Å². The summed E-state index contributed by atoms with van der Waals surface area (Å²) in [6, 6.07) is 13.8. The van der Waals surface area contributed by atoms with Crippen molar-refractivity contribution in [3.8, 4) is 0 Å². The van der Waals surface area contributed by atoms with E-state index < -0.39 is 5.41 Å². The van der Waals surface area contributed by atoms with Crippen LogP contribution in [-0.4, -0.2) is 5.91 Å².